The van der Waals surface area contributed by atoms with Gasteiger partial charge in [-0.1, -0.05) is 49.4 Å². The number of furan rings is 1. The predicted octanol–water partition coefficient (Wildman–Crippen LogP) is 7.70. The van der Waals surface area contributed by atoms with Gasteiger partial charge in [0.15, 0.2) is 5.82 Å². The molecule has 9 nitrogen and oxygen atoms in total. The summed E-state index contributed by atoms with van der Waals surface area (Å²) in [7, 11) is 6.50. The smallest absolute Gasteiger partial charge is 0.275 e. The SMILES string of the molecule is C#CC/C=C(\C=C/C)c1cc(CC)c(C2NCCCNc3nn(c(=O)c4ccccc34)C2C)o1.C/C=C/O.CCl.COC.COC. The summed E-state index contributed by atoms with van der Waals surface area (Å²) < 4.78 is 16.6. The Morgan fingerprint density at radius 1 is 1.15 bits per heavy atom. The second kappa shape index (κ2) is 25.4. The van der Waals surface area contributed by atoms with Crippen molar-refractivity contribution in [2.45, 2.75) is 59.0 Å². The molecule has 4 rings (SSSR count). The summed E-state index contributed by atoms with van der Waals surface area (Å²) >= 11 is 4.64. The molecule has 2 bridgehead atoms. The number of fused-ring (bicyclic) bond motifs is 4. The molecule has 0 radical (unpaired) electrons. The summed E-state index contributed by atoms with van der Waals surface area (Å²) in [6, 6.07) is 9.26. The van der Waals surface area contributed by atoms with Crippen molar-refractivity contribution in [3.05, 3.63) is 88.3 Å². The summed E-state index contributed by atoms with van der Waals surface area (Å²) in [4.78, 5) is 13.4. The van der Waals surface area contributed by atoms with Gasteiger partial charge in [-0.05, 0) is 57.9 Å². The number of ether oxygens (including phenoxy) is 2. The van der Waals surface area contributed by atoms with Gasteiger partial charge in [0.25, 0.3) is 5.56 Å². The zero-order valence-corrected chi connectivity index (χ0v) is 29.6. The first kappa shape index (κ1) is 42.2. The minimum atomic E-state index is -0.264. The van der Waals surface area contributed by atoms with Crippen molar-refractivity contribution in [3.63, 3.8) is 0 Å². The van der Waals surface area contributed by atoms with Crippen molar-refractivity contribution in [1.29, 1.82) is 0 Å². The van der Waals surface area contributed by atoms with Crippen LogP contribution in [0, 0.1) is 12.3 Å². The minimum Gasteiger partial charge on any atom is -0.516 e. The van der Waals surface area contributed by atoms with E-state index in [-0.39, 0.29) is 17.6 Å². The number of nitrogens with one attached hydrogen (secondary N) is 2. The maximum absolute atomic E-state index is 13.4. The van der Waals surface area contributed by atoms with Crippen molar-refractivity contribution in [1.82, 2.24) is 15.1 Å². The Labute approximate surface area is 280 Å². The van der Waals surface area contributed by atoms with Gasteiger partial charge < -0.3 is 29.6 Å². The number of aliphatic hydroxyl groups is 1. The lowest BCUT2D eigenvalue weighted by Gasteiger charge is -2.27. The molecule has 0 saturated carbocycles. The average Bonchev–Trinajstić information content (AvgIpc) is 3.51. The molecule has 2 unspecified atom stereocenters. The second-order valence-electron chi connectivity index (χ2n) is 9.82. The largest absolute Gasteiger partial charge is 0.516 e. The maximum Gasteiger partial charge on any atom is 0.275 e. The van der Waals surface area contributed by atoms with E-state index >= 15 is 0 Å². The number of methoxy groups -OCH3 is 2. The average molecular weight is 657 g/mol. The molecule has 3 N–H and O–H groups in total. The first-order valence-electron chi connectivity index (χ1n) is 15.1. The summed E-state index contributed by atoms with van der Waals surface area (Å²) in [5.41, 5.74) is 1.97. The molecule has 2 atom stereocenters. The number of rotatable bonds is 5. The Hall–Kier alpha value is -3.81. The monoisotopic (exact) mass is 656 g/mol. The molecule has 0 aliphatic carbocycles. The summed E-state index contributed by atoms with van der Waals surface area (Å²) in [5.74, 6) is 5.04. The molecule has 46 heavy (non-hydrogen) atoms. The number of benzene rings is 1. The lowest BCUT2D eigenvalue weighted by atomic mass is 10.0. The normalized spacial score (nSPS) is 15.9. The van der Waals surface area contributed by atoms with Gasteiger partial charge in [-0.25, -0.2) is 4.68 Å². The number of anilines is 1. The van der Waals surface area contributed by atoms with Crippen LogP contribution in [0.25, 0.3) is 16.3 Å². The van der Waals surface area contributed by atoms with Gasteiger partial charge in [0.2, 0.25) is 0 Å². The highest BCUT2D eigenvalue weighted by Crippen LogP contribution is 2.34. The van der Waals surface area contributed by atoms with E-state index in [9.17, 15) is 4.79 Å². The highest BCUT2D eigenvalue weighted by molar-refractivity contribution is 6.15. The Bertz CT molecular complexity index is 1450. The molecule has 254 valence electrons. The van der Waals surface area contributed by atoms with Gasteiger partial charge in [0.05, 0.1) is 23.7 Å². The number of hydrogen-bond donors (Lipinski definition) is 3. The summed E-state index contributed by atoms with van der Waals surface area (Å²) in [6.45, 7) is 9.41. The molecule has 1 aromatic carbocycles. The van der Waals surface area contributed by atoms with Crippen molar-refractivity contribution >= 4 is 33.8 Å². The number of aryl methyl sites for hydroxylation is 1. The van der Waals surface area contributed by atoms with Gasteiger partial charge in [-0.3, -0.25) is 4.79 Å². The molecular formula is C36H53ClN4O5. The van der Waals surface area contributed by atoms with Crippen molar-refractivity contribution in [2.24, 2.45) is 0 Å². The second-order valence-corrected chi connectivity index (χ2v) is 9.82. The van der Waals surface area contributed by atoms with Crippen LogP contribution in [-0.4, -0.2) is 62.8 Å². The highest BCUT2D eigenvalue weighted by atomic mass is 35.5. The van der Waals surface area contributed by atoms with E-state index in [1.54, 1.807) is 46.1 Å². The molecule has 0 fully saturated rings. The zero-order chi connectivity index (χ0) is 34.9. The molecule has 3 aromatic rings. The fourth-order valence-corrected chi connectivity index (χ4v) is 4.51. The number of aliphatic hydroxyl groups excluding tert-OH is 1. The highest BCUT2D eigenvalue weighted by Gasteiger charge is 2.29. The van der Waals surface area contributed by atoms with Gasteiger partial charge in [-0.2, -0.15) is 5.10 Å². The number of aromatic nitrogens is 2. The third-order valence-electron chi connectivity index (χ3n) is 6.43. The Balaban J connectivity index is 0.00000147. The number of allylic oxidation sites excluding steroid dienone is 5. The molecule has 0 spiro atoms. The maximum atomic E-state index is 13.4. The lowest BCUT2D eigenvalue weighted by Crippen LogP contribution is -2.37. The van der Waals surface area contributed by atoms with Crippen LogP contribution in [-0.2, 0) is 15.9 Å². The van der Waals surface area contributed by atoms with E-state index < -0.39 is 0 Å². The van der Waals surface area contributed by atoms with Gasteiger partial charge in [0, 0.05) is 58.7 Å². The molecule has 0 amide bonds. The first-order valence-corrected chi connectivity index (χ1v) is 15.9. The number of alkyl halides is 1. The van der Waals surface area contributed by atoms with Crippen LogP contribution >= 0.6 is 11.6 Å². The number of nitrogens with zero attached hydrogens (tertiary/aromatic N) is 2. The van der Waals surface area contributed by atoms with Crippen LogP contribution in [0.3, 0.4) is 0 Å². The van der Waals surface area contributed by atoms with E-state index in [2.05, 4.69) is 50.6 Å². The Morgan fingerprint density at radius 3 is 2.30 bits per heavy atom. The zero-order valence-electron chi connectivity index (χ0n) is 28.9. The first-order chi connectivity index (χ1) is 22.3. The fraction of sp³-hybridized carbons (Fsp3) is 0.444. The van der Waals surface area contributed by atoms with Crippen molar-refractivity contribution < 1.29 is 19.0 Å². The van der Waals surface area contributed by atoms with Crippen LogP contribution in [0.1, 0.15) is 69.7 Å². The Kier molecular flexibility index (Phi) is 23.3. The van der Waals surface area contributed by atoms with Crippen molar-refractivity contribution in [3.8, 4) is 12.3 Å². The molecule has 1 aliphatic heterocycles. The number of hydrogen-bond acceptors (Lipinski definition) is 8. The predicted molar refractivity (Wildman–Crippen MR) is 194 cm³/mol. The van der Waals surface area contributed by atoms with Gasteiger partial charge in [0.1, 0.15) is 11.5 Å². The quantitative estimate of drug-likeness (QED) is 0.111. The lowest BCUT2D eigenvalue weighted by molar-refractivity contribution is 0.277. The van der Waals surface area contributed by atoms with E-state index in [0.717, 1.165) is 66.1 Å². The van der Waals surface area contributed by atoms with Crippen LogP contribution < -0.4 is 16.2 Å². The Morgan fingerprint density at radius 2 is 1.76 bits per heavy atom. The van der Waals surface area contributed by atoms with E-state index in [4.69, 9.17) is 21.0 Å². The molecule has 0 saturated heterocycles. The van der Waals surface area contributed by atoms with E-state index in [0.29, 0.717) is 11.8 Å². The number of terminal acetylenes is 1. The molecular weight excluding hydrogens is 604 g/mol. The molecule has 3 heterocycles. The summed E-state index contributed by atoms with van der Waals surface area (Å²) in [5, 5.41) is 21.0. The molecule has 1 aliphatic rings. The third-order valence-corrected chi connectivity index (χ3v) is 6.43. The van der Waals surface area contributed by atoms with Crippen molar-refractivity contribution in [2.75, 3.05) is 53.2 Å². The minimum absolute atomic E-state index is 0.102. The van der Waals surface area contributed by atoms with E-state index in [1.807, 2.05) is 56.3 Å². The summed E-state index contributed by atoms with van der Waals surface area (Å²) in [6.07, 6.45) is 17.8. The fourth-order valence-electron chi connectivity index (χ4n) is 4.51. The van der Waals surface area contributed by atoms with Gasteiger partial charge >= 0.3 is 0 Å². The van der Waals surface area contributed by atoms with E-state index in [1.165, 1.54) is 6.38 Å². The van der Waals surface area contributed by atoms with Crippen LogP contribution in [0.15, 0.2) is 70.1 Å². The molecule has 2 aromatic heterocycles. The van der Waals surface area contributed by atoms with Crippen LogP contribution in [0.5, 0.6) is 0 Å². The third kappa shape index (κ3) is 12.9. The van der Waals surface area contributed by atoms with Gasteiger partial charge in [-0.15, -0.1) is 23.9 Å². The van der Waals surface area contributed by atoms with Crippen LogP contribution in [0.4, 0.5) is 5.82 Å². The van der Waals surface area contributed by atoms with Crippen LogP contribution in [0.2, 0.25) is 0 Å². The topological polar surface area (TPSA) is 111 Å². The standard InChI is InChI=1S/C28H32N4O2.C3H6O.2C2H6O.CH3Cl/c1-5-8-13-21(12-6-2)24-18-20(7-3)26(34-24)25-19(4)32-28(33)23-15-10-9-14-22(23)27(31-32)30-17-11-16-29-25;1-2-3-4;2*1-3-2;1-2/h1,6,9-10,12-15,18-19,25,29H,7-8,11,16-17H2,2-4H3,(H,30,31);2-4H,1H3;2*1-2H3;1H3/b12-6-,21-13+;3-2+;;;. The molecule has 10 heteroatoms. The number of halogens is 1.